The SMILES string of the molecule is CCCCOC(=O)CCN(Cc1csc(C(=O)OCCCC)c1)C(=O)c1cccc2cc(O)ccc12. The lowest BCUT2D eigenvalue weighted by molar-refractivity contribution is -0.144. The Morgan fingerprint density at radius 2 is 1.72 bits per heavy atom. The lowest BCUT2D eigenvalue weighted by Gasteiger charge is -2.23. The molecular weight excluding hydrogens is 478 g/mol. The summed E-state index contributed by atoms with van der Waals surface area (Å²) in [6.07, 6.45) is 3.54. The lowest BCUT2D eigenvalue weighted by Crippen LogP contribution is -2.33. The monoisotopic (exact) mass is 511 g/mol. The van der Waals surface area contributed by atoms with Crippen molar-refractivity contribution in [3.63, 3.8) is 0 Å². The van der Waals surface area contributed by atoms with Crippen molar-refractivity contribution < 1.29 is 29.0 Å². The molecule has 0 unspecified atom stereocenters. The van der Waals surface area contributed by atoms with Crippen LogP contribution in [0.5, 0.6) is 5.75 Å². The van der Waals surface area contributed by atoms with E-state index in [-0.39, 0.29) is 43.1 Å². The zero-order valence-corrected chi connectivity index (χ0v) is 21.6. The van der Waals surface area contributed by atoms with Crippen LogP contribution in [0.3, 0.4) is 0 Å². The Bertz CT molecular complexity index is 1190. The van der Waals surface area contributed by atoms with Gasteiger partial charge < -0.3 is 19.5 Å². The van der Waals surface area contributed by atoms with Crippen molar-refractivity contribution in [2.45, 2.75) is 52.5 Å². The van der Waals surface area contributed by atoms with Gasteiger partial charge in [-0.25, -0.2) is 4.79 Å². The molecule has 7 nitrogen and oxygen atoms in total. The minimum absolute atomic E-state index is 0.0665. The molecule has 0 saturated heterocycles. The number of benzene rings is 2. The maximum absolute atomic E-state index is 13.7. The molecule has 3 aromatic rings. The van der Waals surface area contributed by atoms with E-state index in [0.717, 1.165) is 36.6 Å². The number of aromatic hydroxyl groups is 1. The smallest absolute Gasteiger partial charge is 0.348 e. The quantitative estimate of drug-likeness (QED) is 0.226. The number of amides is 1. The summed E-state index contributed by atoms with van der Waals surface area (Å²) in [5.74, 6) is -0.845. The molecule has 36 heavy (non-hydrogen) atoms. The van der Waals surface area contributed by atoms with E-state index in [1.54, 1.807) is 41.3 Å². The van der Waals surface area contributed by atoms with Crippen LogP contribution in [0.1, 0.15) is 71.5 Å². The van der Waals surface area contributed by atoms with Crippen molar-refractivity contribution in [3.8, 4) is 5.75 Å². The number of fused-ring (bicyclic) bond motifs is 1. The van der Waals surface area contributed by atoms with Gasteiger partial charge in [0.05, 0.1) is 19.6 Å². The Morgan fingerprint density at radius 3 is 2.47 bits per heavy atom. The minimum atomic E-state index is -0.370. The second-order valence-corrected chi connectivity index (χ2v) is 9.48. The maximum Gasteiger partial charge on any atom is 0.348 e. The first-order chi connectivity index (χ1) is 17.4. The van der Waals surface area contributed by atoms with Crippen LogP contribution < -0.4 is 0 Å². The first-order valence-corrected chi connectivity index (χ1v) is 13.2. The fourth-order valence-corrected chi connectivity index (χ4v) is 4.47. The summed E-state index contributed by atoms with van der Waals surface area (Å²) in [6.45, 7) is 5.20. The van der Waals surface area contributed by atoms with E-state index in [0.29, 0.717) is 29.0 Å². The Labute approximate surface area is 215 Å². The summed E-state index contributed by atoms with van der Waals surface area (Å²) in [5.41, 5.74) is 1.26. The zero-order chi connectivity index (χ0) is 25.9. The van der Waals surface area contributed by atoms with E-state index < -0.39 is 0 Å². The number of nitrogens with zero attached hydrogens (tertiary/aromatic N) is 1. The van der Waals surface area contributed by atoms with Gasteiger partial charge in [-0.05, 0) is 64.9 Å². The predicted molar refractivity (Wildman–Crippen MR) is 140 cm³/mol. The zero-order valence-electron chi connectivity index (χ0n) is 20.8. The topological polar surface area (TPSA) is 93.1 Å². The van der Waals surface area contributed by atoms with Gasteiger partial charge in [0.15, 0.2) is 0 Å². The van der Waals surface area contributed by atoms with E-state index in [4.69, 9.17) is 9.47 Å². The lowest BCUT2D eigenvalue weighted by atomic mass is 10.0. The van der Waals surface area contributed by atoms with Gasteiger partial charge in [0.1, 0.15) is 10.6 Å². The average Bonchev–Trinajstić information content (AvgIpc) is 3.34. The first kappa shape index (κ1) is 27.2. The number of thiophene rings is 1. The number of hydrogen-bond donors (Lipinski definition) is 1. The van der Waals surface area contributed by atoms with E-state index >= 15 is 0 Å². The molecule has 0 saturated carbocycles. The van der Waals surface area contributed by atoms with Crippen LogP contribution in [-0.2, 0) is 20.8 Å². The Hall–Kier alpha value is -3.39. The third-order valence-electron chi connectivity index (χ3n) is 5.69. The first-order valence-electron chi connectivity index (χ1n) is 12.3. The highest BCUT2D eigenvalue weighted by molar-refractivity contribution is 7.12. The van der Waals surface area contributed by atoms with Crippen LogP contribution >= 0.6 is 11.3 Å². The summed E-state index contributed by atoms with van der Waals surface area (Å²) in [7, 11) is 0. The molecule has 0 aliphatic carbocycles. The molecule has 3 rings (SSSR count). The molecule has 2 aromatic carbocycles. The second-order valence-electron chi connectivity index (χ2n) is 8.57. The van der Waals surface area contributed by atoms with Gasteiger partial charge in [-0.2, -0.15) is 0 Å². The number of unbranched alkanes of at least 4 members (excludes halogenated alkanes) is 2. The van der Waals surface area contributed by atoms with Gasteiger partial charge in [0.2, 0.25) is 0 Å². The molecule has 0 aliphatic rings. The highest BCUT2D eigenvalue weighted by atomic mass is 32.1. The summed E-state index contributed by atoms with van der Waals surface area (Å²) in [6, 6.07) is 11.9. The number of phenolic OH excluding ortho intramolecular Hbond substituents is 1. The number of carbonyl (C=O) groups excluding carboxylic acids is 3. The minimum Gasteiger partial charge on any atom is -0.508 e. The molecule has 0 bridgehead atoms. The fourth-order valence-electron chi connectivity index (χ4n) is 3.68. The molecule has 8 heteroatoms. The third kappa shape index (κ3) is 7.55. The van der Waals surface area contributed by atoms with E-state index in [1.165, 1.54) is 11.3 Å². The van der Waals surface area contributed by atoms with Gasteiger partial charge in [-0.1, -0.05) is 38.8 Å². The van der Waals surface area contributed by atoms with Crippen molar-refractivity contribution in [3.05, 3.63) is 63.8 Å². The van der Waals surface area contributed by atoms with E-state index in [2.05, 4.69) is 0 Å². The van der Waals surface area contributed by atoms with Crippen molar-refractivity contribution in [2.24, 2.45) is 0 Å². The molecule has 1 aromatic heterocycles. The van der Waals surface area contributed by atoms with E-state index in [1.807, 2.05) is 25.3 Å². The van der Waals surface area contributed by atoms with Crippen LogP contribution in [0, 0.1) is 0 Å². The predicted octanol–water partition coefficient (Wildman–Crippen LogP) is 5.94. The normalized spacial score (nSPS) is 10.8. The Morgan fingerprint density at radius 1 is 0.972 bits per heavy atom. The fraction of sp³-hybridized carbons (Fsp3) is 0.393. The Balaban J connectivity index is 1.79. The largest absolute Gasteiger partial charge is 0.508 e. The van der Waals surface area contributed by atoms with Gasteiger partial charge in [-0.3, -0.25) is 9.59 Å². The molecule has 0 aliphatic heterocycles. The van der Waals surface area contributed by atoms with Crippen LogP contribution in [0.4, 0.5) is 0 Å². The summed E-state index contributed by atoms with van der Waals surface area (Å²) >= 11 is 1.28. The number of hydrogen-bond acceptors (Lipinski definition) is 7. The molecule has 1 heterocycles. The molecule has 0 radical (unpaired) electrons. The highest BCUT2D eigenvalue weighted by Gasteiger charge is 2.21. The summed E-state index contributed by atoms with van der Waals surface area (Å²) in [5, 5.41) is 13.1. The van der Waals surface area contributed by atoms with Gasteiger partial charge >= 0.3 is 11.9 Å². The highest BCUT2D eigenvalue weighted by Crippen LogP contribution is 2.25. The number of esters is 2. The van der Waals surface area contributed by atoms with Crippen LogP contribution in [-0.4, -0.2) is 47.6 Å². The molecule has 0 fully saturated rings. The molecule has 0 spiro atoms. The molecular formula is C28H33NO6S. The number of phenols is 1. The maximum atomic E-state index is 13.7. The average molecular weight is 512 g/mol. The number of carbonyl (C=O) groups is 3. The number of ether oxygens (including phenoxy) is 2. The Kier molecular flexibility index (Phi) is 10.3. The van der Waals surface area contributed by atoms with Crippen molar-refractivity contribution in [1.29, 1.82) is 0 Å². The molecule has 192 valence electrons. The standard InChI is InChI=1S/C28H33NO6S/c1-3-5-14-34-26(31)12-13-29(18-20-16-25(36-19-20)28(33)35-15-6-4-2)27(32)24-9-7-8-21-17-22(30)10-11-23(21)24/h7-11,16-17,19,30H,3-6,12-15,18H2,1-2H3. The van der Waals surface area contributed by atoms with Crippen LogP contribution in [0.15, 0.2) is 47.8 Å². The van der Waals surface area contributed by atoms with Crippen molar-refractivity contribution in [2.75, 3.05) is 19.8 Å². The molecule has 1 amide bonds. The van der Waals surface area contributed by atoms with E-state index in [9.17, 15) is 19.5 Å². The van der Waals surface area contributed by atoms with Crippen LogP contribution in [0.25, 0.3) is 10.8 Å². The van der Waals surface area contributed by atoms with Crippen molar-refractivity contribution in [1.82, 2.24) is 4.90 Å². The summed E-state index contributed by atoms with van der Waals surface area (Å²) in [4.78, 5) is 40.3. The van der Waals surface area contributed by atoms with Crippen LogP contribution in [0.2, 0.25) is 0 Å². The number of rotatable bonds is 13. The van der Waals surface area contributed by atoms with Gasteiger partial charge in [0.25, 0.3) is 5.91 Å². The second kappa shape index (κ2) is 13.6. The molecule has 1 N–H and O–H groups in total. The molecule has 0 atom stereocenters. The van der Waals surface area contributed by atoms with Gasteiger partial charge in [0, 0.05) is 18.7 Å². The summed E-state index contributed by atoms with van der Waals surface area (Å²) < 4.78 is 10.6. The van der Waals surface area contributed by atoms with Crippen molar-refractivity contribution >= 4 is 40.0 Å². The third-order valence-corrected chi connectivity index (χ3v) is 6.65. The van der Waals surface area contributed by atoms with Gasteiger partial charge in [-0.15, -0.1) is 11.3 Å².